The normalized spacial score (nSPS) is 11.2. The number of nitrogens with one attached hydrogen (secondary N) is 1. The summed E-state index contributed by atoms with van der Waals surface area (Å²) in [6.45, 7) is 1.48. The minimum Gasteiger partial charge on any atom is -0.478 e. The van der Waals surface area contributed by atoms with Gasteiger partial charge in [-0.15, -0.1) is 0 Å². The summed E-state index contributed by atoms with van der Waals surface area (Å²) < 4.78 is 43.6. The number of aromatic carboxylic acids is 1. The van der Waals surface area contributed by atoms with Crippen molar-refractivity contribution in [2.45, 2.75) is 13.5 Å². The predicted octanol–water partition coefficient (Wildman–Crippen LogP) is 2.07. The summed E-state index contributed by atoms with van der Waals surface area (Å²) in [4.78, 5) is 24.7. The van der Waals surface area contributed by atoms with Crippen LogP contribution in [-0.2, 0) is 16.6 Å². The van der Waals surface area contributed by atoms with Crippen LogP contribution in [0.15, 0.2) is 28.7 Å². The van der Waals surface area contributed by atoms with Crippen molar-refractivity contribution in [3.63, 3.8) is 0 Å². The van der Waals surface area contributed by atoms with E-state index in [9.17, 15) is 22.4 Å². The molecule has 10 heteroatoms. The Kier molecular flexibility index (Phi) is 5.36. The fraction of sp³-hybridized carbons (Fsp3) is 0.250. The maximum absolute atomic E-state index is 13.7. The lowest BCUT2D eigenvalue weighted by molar-refractivity contribution is 0.0694. The van der Waals surface area contributed by atoms with Crippen LogP contribution < -0.4 is 4.72 Å². The number of carboxylic acid groups (broad SMARTS) is 1. The Labute approximate surface area is 149 Å². The van der Waals surface area contributed by atoms with Gasteiger partial charge in [-0.3, -0.25) is 9.52 Å². The lowest BCUT2D eigenvalue weighted by atomic mass is 10.1. The molecule has 2 rings (SSSR count). The summed E-state index contributed by atoms with van der Waals surface area (Å²) in [7, 11) is -2.25. The van der Waals surface area contributed by atoms with Crippen molar-refractivity contribution in [3.05, 3.63) is 52.7 Å². The van der Waals surface area contributed by atoms with Gasteiger partial charge in [0.25, 0.3) is 5.91 Å². The number of nitrogens with zero attached hydrogens (tertiary/aromatic N) is 1. The molecule has 0 spiro atoms. The van der Waals surface area contributed by atoms with E-state index in [-0.39, 0.29) is 34.9 Å². The summed E-state index contributed by atoms with van der Waals surface area (Å²) in [6, 6.07) is 4.61. The number of carbonyl (C=O) groups excluding carboxylic acids is 1. The van der Waals surface area contributed by atoms with Gasteiger partial charge in [-0.2, -0.15) is 0 Å². The second-order valence-electron chi connectivity index (χ2n) is 5.72. The van der Waals surface area contributed by atoms with E-state index in [1.165, 1.54) is 31.0 Å². The van der Waals surface area contributed by atoms with Crippen LogP contribution in [-0.4, -0.2) is 43.6 Å². The Morgan fingerprint density at radius 3 is 2.50 bits per heavy atom. The van der Waals surface area contributed by atoms with Crippen molar-refractivity contribution in [2.75, 3.05) is 18.0 Å². The minimum absolute atomic E-state index is 0.00210. The zero-order valence-corrected chi connectivity index (χ0v) is 15.1. The summed E-state index contributed by atoms with van der Waals surface area (Å²) >= 11 is 0. The number of amides is 1. The maximum Gasteiger partial charge on any atom is 0.339 e. The van der Waals surface area contributed by atoms with Gasteiger partial charge in [-0.05, 0) is 31.2 Å². The molecule has 0 aliphatic carbocycles. The lowest BCUT2D eigenvalue weighted by Gasteiger charge is -2.16. The number of anilines is 1. The topological polar surface area (TPSA) is 117 Å². The molecule has 0 unspecified atom stereocenters. The number of hydrogen-bond acceptors (Lipinski definition) is 5. The lowest BCUT2D eigenvalue weighted by Crippen LogP contribution is -2.26. The molecule has 1 amide bonds. The Morgan fingerprint density at radius 2 is 1.96 bits per heavy atom. The molecular weight excluding hydrogens is 367 g/mol. The molecule has 0 aliphatic heterocycles. The van der Waals surface area contributed by atoms with Gasteiger partial charge >= 0.3 is 5.97 Å². The largest absolute Gasteiger partial charge is 0.478 e. The highest BCUT2D eigenvalue weighted by Gasteiger charge is 2.19. The highest BCUT2D eigenvalue weighted by molar-refractivity contribution is 7.92. The molecule has 0 aliphatic rings. The van der Waals surface area contributed by atoms with Gasteiger partial charge in [0.15, 0.2) is 0 Å². The summed E-state index contributed by atoms with van der Waals surface area (Å²) in [5.74, 6) is -1.99. The molecule has 8 nitrogen and oxygen atoms in total. The van der Waals surface area contributed by atoms with Crippen molar-refractivity contribution in [1.82, 2.24) is 4.90 Å². The van der Waals surface area contributed by atoms with Gasteiger partial charge < -0.3 is 14.4 Å². The molecule has 0 saturated heterocycles. The fourth-order valence-electron chi connectivity index (χ4n) is 2.30. The summed E-state index contributed by atoms with van der Waals surface area (Å²) in [5, 5.41) is 9.02. The highest BCUT2D eigenvalue weighted by atomic mass is 32.2. The van der Waals surface area contributed by atoms with Gasteiger partial charge in [-0.1, -0.05) is 0 Å². The highest BCUT2D eigenvalue weighted by Crippen LogP contribution is 2.20. The molecule has 0 radical (unpaired) electrons. The maximum atomic E-state index is 13.7. The molecule has 2 N–H and O–H groups in total. The van der Waals surface area contributed by atoms with Crippen molar-refractivity contribution in [3.8, 4) is 0 Å². The van der Waals surface area contributed by atoms with Gasteiger partial charge in [0.1, 0.15) is 22.9 Å². The number of aryl methyl sites for hydroxylation is 1. The molecule has 0 bridgehead atoms. The third-order valence-corrected chi connectivity index (χ3v) is 4.04. The Balaban J connectivity index is 2.21. The van der Waals surface area contributed by atoms with E-state index in [1.54, 1.807) is 0 Å². The second kappa shape index (κ2) is 7.16. The molecule has 0 saturated carbocycles. The Morgan fingerprint density at radius 1 is 1.31 bits per heavy atom. The number of hydrogen-bond donors (Lipinski definition) is 2. The minimum atomic E-state index is -3.71. The number of halogens is 1. The van der Waals surface area contributed by atoms with Crippen molar-refractivity contribution >= 4 is 27.6 Å². The number of sulfonamides is 1. The number of furan rings is 1. The zero-order chi connectivity index (χ0) is 19.6. The predicted molar refractivity (Wildman–Crippen MR) is 91.1 cm³/mol. The van der Waals surface area contributed by atoms with E-state index >= 15 is 0 Å². The molecule has 2 aromatic rings. The van der Waals surface area contributed by atoms with E-state index in [0.717, 1.165) is 18.4 Å². The third kappa shape index (κ3) is 4.60. The van der Waals surface area contributed by atoms with Crippen molar-refractivity contribution in [1.29, 1.82) is 0 Å². The van der Waals surface area contributed by atoms with Crippen LogP contribution in [0.3, 0.4) is 0 Å². The van der Waals surface area contributed by atoms with Crippen molar-refractivity contribution in [2.24, 2.45) is 0 Å². The van der Waals surface area contributed by atoms with Crippen LogP contribution >= 0.6 is 0 Å². The van der Waals surface area contributed by atoms with Crippen molar-refractivity contribution < 1.29 is 31.9 Å². The number of benzene rings is 1. The van der Waals surface area contributed by atoms with Crippen LogP contribution in [0.5, 0.6) is 0 Å². The first kappa shape index (κ1) is 19.4. The van der Waals surface area contributed by atoms with Crippen LogP contribution in [0.1, 0.15) is 32.2 Å². The first-order valence-electron chi connectivity index (χ1n) is 7.33. The standard InChI is InChI=1S/C16H17FN2O6S/c1-9-12(16(21)22)7-11(25-9)8-19(2)15(20)10-4-5-13(17)14(6-10)18-26(3,23)24/h4-7,18H,8H2,1-3H3,(H,21,22). The average molecular weight is 384 g/mol. The van der Waals surface area contributed by atoms with Gasteiger partial charge in [0.05, 0.1) is 18.5 Å². The van der Waals surface area contributed by atoms with Gasteiger partial charge in [0.2, 0.25) is 10.0 Å². The molecule has 1 aromatic heterocycles. The molecular formula is C16H17FN2O6S. The van der Waals surface area contributed by atoms with Crippen LogP contribution in [0, 0.1) is 12.7 Å². The second-order valence-corrected chi connectivity index (χ2v) is 7.47. The van der Waals surface area contributed by atoms with Crippen LogP contribution in [0.25, 0.3) is 0 Å². The quantitative estimate of drug-likeness (QED) is 0.787. The van der Waals surface area contributed by atoms with Gasteiger partial charge in [0, 0.05) is 12.6 Å². The molecule has 0 fully saturated rings. The molecule has 140 valence electrons. The summed E-state index contributed by atoms with van der Waals surface area (Å²) in [5.41, 5.74) is -0.280. The third-order valence-electron chi connectivity index (χ3n) is 3.45. The molecule has 0 atom stereocenters. The average Bonchev–Trinajstić information content (AvgIpc) is 2.88. The first-order valence-corrected chi connectivity index (χ1v) is 9.22. The number of carboxylic acids is 1. The zero-order valence-electron chi connectivity index (χ0n) is 14.2. The van der Waals surface area contributed by atoms with E-state index < -0.39 is 27.7 Å². The van der Waals surface area contributed by atoms with E-state index in [2.05, 4.69) is 0 Å². The number of carbonyl (C=O) groups is 2. The van der Waals surface area contributed by atoms with Gasteiger partial charge in [-0.25, -0.2) is 17.6 Å². The van der Waals surface area contributed by atoms with E-state index in [0.29, 0.717) is 0 Å². The fourth-order valence-corrected chi connectivity index (χ4v) is 2.85. The van der Waals surface area contributed by atoms with E-state index in [1.807, 2.05) is 4.72 Å². The van der Waals surface area contributed by atoms with E-state index in [4.69, 9.17) is 9.52 Å². The number of rotatable bonds is 6. The SMILES string of the molecule is Cc1oc(CN(C)C(=O)c2ccc(F)c(NS(C)(=O)=O)c2)cc1C(=O)O. The Bertz CT molecular complexity index is 967. The summed E-state index contributed by atoms with van der Waals surface area (Å²) in [6.07, 6.45) is 0.867. The molecule has 1 heterocycles. The monoisotopic (exact) mass is 384 g/mol. The molecule has 1 aromatic carbocycles. The van der Waals surface area contributed by atoms with Crippen LogP contribution in [0.2, 0.25) is 0 Å². The smallest absolute Gasteiger partial charge is 0.339 e. The van der Waals surface area contributed by atoms with Crippen LogP contribution in [0.4, 0.5) is 10.1 Å². The Hall–Kier alpha value is -2.88. The first-order chi connectivity index (χ1) is 12.0. The molecule has 26 heavy (non-hydrogen) atoms.